The fraction of sp³-hybridized carbons (Fsp3) is 0.667. The highest BCUT2D eigenvalue weighted by molar-refractivity contribution is 7.88. The molecule has 0 spiro atoms. The van der Waals surface area contributed by atoms with Crippen molar-refractivity contribution in [3.8, 4) is 0 Å². The van der Waals surface area contributed by atoms with E-state index in [1.165, 1.54) is 31.1 Å². The van der Waals surface area contributed by atoms with Crippen molar-refractivity contribution in [2.24, 2.45) is 16.8 Å². The summed E-state index contributed by atoms with van der Waals surface area (Å²) in [7, 11) is -1.20. The molecule has 6 nitrogen and oxygen atoms in total. The molecule has 0 aromatic heterocycles. The Morgan fingerprint density at radius 2 is 1.64 bits per heavy atom. The number of hydrogen-bond acceptors (Lipinski definition) is 3. The summed E-state index contributed by atoms with van der Waals surface area (Å²) in [5.74, 6) is 2.24. The van der Waals surface area contributed by atoms with Crippen LogP contribution in [-0.4, -0.2) is 69.6 Å². The molecule has 0 aliphatic carbocycles. The van der Waals surface area contributed by atoms with E-state index in [4.69, 9.17) is 0 Å². The fourth-order valence-corrected chi connectivity index (χ4v) is 5.18. The summed E-state index contributed by atoms with van der Waals surface area (Å²) in [5, 5.41) is 3.53. The van der Waals surface area contributed by atoms with Crippen LogP contribution in [0.25, 0.3) is 0 Å². The van der Waals surface area contributed by atoms with E-state index in [9.17, 15) is 8.42 Å². The van der Waals surface area contributed by atoms with Gasteiger partial charge < -0.3 is 10.2 Å². The third kappa shape index (κ3) is 5.95. The summed E-state index contributed by atoms with van der Waals surface area (Å²) >= 11 is 0. The summed E-state index contributed by atoms with van der Waals surface area (Å²) in [6.45, 7) is 4.23. The van der Waals surface area contributed by atoms with E-state index in [0.717, 1.165) is 44.4 Å². The van der Waals surface area contributed by atoms with E-state index < -0.39 is 10.0 Å². The lowest BCUT2D eigenvalue weighted by Gasteiger charge is -2.35. The lowest BCUT2D eigenvalue weighted by atomic mass is 9.90. The van der Waals surface area contributed by atoms with Crippen molar-refractivity contribution in [1.29, 1.82) is 0 Å². The van der Waals surface area contributed by atoms with Gasteiger partial charge in [0.05, 0.1) is 6.26 Å². The molecule has 2 aliphatic rings. The van der Waals surface area contributed by atoms with Gasteiger partial charge in [0, 0.05) is 39.8 Å². The molecule has 1 N–H and O–H groups in total. The smallest absolute Gasteiger partial charge is 0.211 e. The minimum atomic E-state index is -3.05. The maximum atomic E-state index is 11.6. The molecule has 0 radical (unpaired) electrons. The lowest BCUT2D eigenvalue weighted by Crippen LogP contribution is -2.48. The van der Waals surface area contributed by atoms with Crippen LogP contribution >= 0.6 is 0 Å². The number of piperidine rings is 2. The lowest BCUT2D eigenvalue weighted by molar-refractivity contribution is 0.250. The first-order valence-corrected chi connectivity index (χ1v) is 12.2. The van der Waals surface area contributed by atoms with E-state index in [-0.39, 0.29) is 0 Å². The van der Waals surface area contributed by atoms with Crippen LogP contribution in [0.15, 0.2) is 35.3 Å². The Bertz CT molecular complexity index is 735. The number of aliphatic imine (C=N–C) groups is 1. The zero-order chi connectivity index (χ0) is 20.0. The zero-order valence-electron chi connectivity index (χ0n) is 17.2. The van der Waals surface area contributed by atoms with Gasteiger partial charge in [0.25, 0.3) is 0 Å². The van der Waals surface area contributed by atoms with Gasteiger partial charge in [-0.15, -0.1) is 0 Å². The van der Waals surface area contributed by atoms with Gasteiger partial charge in [0.2, 0.25) is 10.0 Å². The van der Waals surface area contributed by atoms with Crippen molar-refractivity contribution in [1.82, 2.24) is 14.5 Å². The molecule has 3 rings (SSSR count). The number of likely N-dealkylation sites (tertiary alicyclic amines) is 1. The topological polar surface area (TPSA) is 65.0 Å². The van der Waals surface area contributed by atoms with Gasteiger partial charge in [-0.05, 0) is 49.5 Å². The highest BCUT2D eigenvalue weighted by Gasteiger charge is 2.26. The van der Waals surface area contributed by atoms with Gasteiger partial charge in [-0.1, -0.05) is 30.3 Å². The van der Waals surface area contributed by atoms with Gasteiger partial charge >= 0.3 is 0 Å². The molecule has 156 valence electrons. The maximum absolute atomic E-state index is 11.6. The van der Waals surface area contributed by atoms with Crippen LogP contribution in [0, 0.1) is 11.8 Å². The molecule has 28 heavy (non-hydrogen) atoms. The van der Waals surface area contributed by atoms with Crippen molar-refractivity contribution in [3.63, 3.8) is 0 Å². The molecular weight excluding hydrogens is 372 g/mol. The van der Waals surface area contributed by atoms with Crippen molar-refractivity contribution >= 4 is 16.0 Å². The molecule has 0 unspecified atom stereocenters. The Hall–Kier alpha value is -1.60. The predicted octanol–water partition coefficient (Wildman–Crippen LogP) is 2.19. The minimum Gasteiger partial charge on any atom is -0.356 e. The predicted molar refractivity (Wildman–Crippen MR) is 115 cm³/mol. The Balaban J connectivity index is 1.40. The van der Waals surface area contributed by atoms with Crippen LogP contribution in [0.5, 0.6) is 0 Å². The highest BCUT2D eigenvalue weighted by Crippen LogP contribution is 2.22. The van der Waals surface area contributed by atoms with Gasteiger partial charge in [0.15, 0.2) is 5.96 Å². The van der Waals surface area contributed by atoms with E-state index in [0.29, 0.717) is 19.0 Å². The standard InChI is InChI=1S/C21H34N4O2S/c1-22-21(23-17-20-10-14-25(15-11-20)28(2,26)27)24-12-8-19(9-13-24)16-18-6-4-3-5-7-18/h3-7,19-20H,8-17H2,1-2H3,(H,22,23). The first-order valence-electron chi connectivity index (χ1n) is 10.4. The summed E-state index contributed by atoms with van der Waals surface area (Å²) < 4.78 is 24.9. The number of nitrogens with zero attached hydrogens (tertiary/aromatic N) is 3. The molecule has 2 saturated heterocycles. The number of nitrogens with one attached hydrogen (secondary N) is 1. The van der Waals surface area contributed by atoms with Gasteiger partial charge in [-0.2, -0.15) is 0 Å². The molecule has 0 amide bonds. The molecule has 7 heteroatoms. The molecule has 0 atom stereocenters. The van der Waals surface area contributed by atoms with Crippen LogP contribution < -0.4 is 5.32 Å². The molecule has 1 aromatic rings. The monoisotopic (exact) mass is 406 g/mol. The molecule has 2 aliphatic heterocycles. The summed E-state index contributed by atoms with van der Waals surface area (Å²) in [6.07, 6.45) is 6.69. The van der Waals surface area contributed by atoms with Crippen LogP contribution in [0.2, 0.25) is 0 Å². The summed E-state index contributed by atoms with van der Waals surface area (Å²) in [6, 6.07) is 10.8. The maximum Gasteiger partial charge on any atom is 0.211 e. The fourth-order valence-electron chi connectivity index (χ4n) is 4.31. The second-order valence-corrected chi connectivity index (χ2v) is 10.1. The van der Waals surface area contributed by atoms with E-state index in [2.05, 4.69) is 45.5 Å². The minimum absolute atomic E-state index is 0.505. The number of sulfonamides is 1. The molecule has 2 heterocycles. The van der Waals surface area contributed by atoms with Crippen LogP contribution in [0.1, 0.15) is 31.2 Å². The van der Waals surface area contributed by atoms with E-state index in [1.807, 2.05) is 7.05 Å². The van der Waals surface area contributed by atoms with E-state index in [1.54, 1.807) is 4.31 Å². The second kappa shape index (κ2) is 9.74. The zero-order valence-corrected chi connectivity index (χ0v) is 18.0. The number of rotatable bonds is 5. The summed E-state index contributed by atoms with van der Waals surface area (Å²) in [5.41, 5.74) is 1.43. The van der Waals surface area contributed by atoms with Crippen LogP contribution in [0.3, 0.4) is 0 Å². The Kier molecular flexibility index (Phi) is 7.35. The first-order chi connectivity index (χ1) is 13.5. The van der Waals surface area contributed by atoms with Crippen LogP contribution in [-0.2, 0) is 16.4 Å². The molecule has 1 aromatic carbocycles. The molecule has 0 saturated carbocycles. The van der Waals surface area contributed by atoms with Crippen molar-refractivity contribution in [2.45, 2.75) is 32.1 Å². The molecule has 2 fully saturated rings. The quantitative estimate of drug-likeness (QED) is 0.601. The van der Waals surface area contributed by atoms with Crippen molar-refractivity contribution in [2.75, 3.05) is 46.0 Å². The normalized spacial score (nSPS) is 21.1. The SMILES string of the molecule is CN=C(NCC1CCN(S(C)(=O)=O)CC1)N1CCC(Cc2ccccc2)CC1. The van der Waals surface area contributed by atoms with Gasteiger partial charge in [0.1, 0.15) is 0 Å². The highest BCUT2D eigenvalue weighted by atomic mass is 32.2. The van der Waals surface area contributed by atoms with Crippen molar-refractivity contribution < 1.29 is 8.42 Å². The number of hydrogen-bond donors (Lipinski definition) is 1. The van der Waals surface area contributed by atoms with Crippen molar-refractivity contribution in [3.05, 3.63) is 35.9 Å². The third-order valence-electron chi connectivity index (χ3n) is 6.08. The summed E-state index contributed by atoms with van der Waals surface area (Å²) in [4.78, 5) is 6.85. The Morgan fingerprint density at radius 1 is 1.04 bits per heavy atom. The molecular formula is C21H34N4O2S. The number of guanidine groups is 1. The average molecular weight is 407 g/mol. The van der Waals surface area contributed by atoms with Crippen LogP contribution in [0.4, 0.5) is 0 Å². The van der Waals surface area contributed by atoms with E-state index >= 15 is 0 Å². The second-order valence-electron chi connectivity index (χ2n) is 8.15. The first kappa shape index (κ1) is 21.1. The average Bonchev–Trinajstić information content (AvgIpc) is 2.70. The largest absolute Gasteiger partial charge is 0.356 e. The third-order valence-corrected chi connectivity index (χ3v) is 7.39. The van der Waals surface area contributed by atoms with Gasteiger partial charge in [-0.25, -0.2) is 12.7 Å². The Morgan fingerprint density at radius 3 is 2.21 bits per heavy atom. The Labute approximate surface area is 170 Å². The molecule has 0 bridgehead atoms. The number of benzene rings is 1. The van der Waals surface area contributed by atoms with Gasteiger partial charge in [-0.3, -0.25) is 4.99 Å².